The predicted octanol–water partition coefficient (Wildman–Crippen LogP) is 18.9. The highest BCUT2D eigenvalue weighted by Gasteiger charge is 2.19. The third-order valence-corrected chi connectivity index (χ3v) is 11.4. The van der Waals surface area contributed by atoms with Crippen LogP contribution in [0.3, 0.4) is 0 Å². The fourth-order valence-electron chi connectivity index (χ4n) is 7.23. The Morgan fingerprint density at radius 2 is 0.594 bits per heavy atom. The van der Waals surface area contributed by atoms with Crippen molar-refractivity contribution < 1.29 is 28.6 Å². The second-order valence-corrected chi connectivity index (χ2v) is 18.1. The summed E-state index contributed by atoms with van der Waals surface area (Å²) in [5, 5.41) is 0. The zero-order valence-corrected chi connectivity index (χ0v) is 44.5. The normalized spacial score (nSPS) is 13.0. The van der Waals surface area contributed by atoms with Crippen molar-refractivity contribution in [3.8, 4) is 0 Å². The van der Waals surface area contributed by atoms with Crippen LogP contribution in [0.4, 0.5) is 0 Å². The lowest BCUT2D eigenvalue weighted by Gasteiger charge is -2.18. The molecule has 0 fully saturated rings. The van der Waals surface area contributed by atoms with Gasteiger partial charge in [0.2, 0.25) is 0 Å². The first-order valence-electron chi connectivity index (χ1n) is 28.0. The molecule has 0 rings (SSSR count). The molecule has 6 heteroatoms. The van der Waals surface area contributed by atoms with E-state index in [-0.39, 0.29) is 44.0 Å². The molecule has 0 N–H and O–H groups in total. The summed E-state index contributed by atoms with van der Waals surface area (Å²) in [6, 6.07) is 0. The molecule has 0 spiro atoms. The molecule has 390 valence electrons. The summed E-state index contributed by atoms with van der Waals surface area (Å²) in [6.07, 6.45) is 77.6. The van der Waals surface area contributed by atoms with E-state index < -0.39 is 6.10 Å². The summed E-state index contributed by atoms with van der Waals surface area (Å²) < 4.78 is 16.8. The lowest BCUT2D eigenvalue weighted by Crippen LogP contribution is -2.30. The van der Waals surface area contributed by atoms with Crippen LogP contribution in [-0.2, 0) is 28.6 Å². The van der Waals surface area contributed by atoms with Gasteiger partial charge in [-0.3, -0.25) is 14.4 Å². The van der Waals surface area contributed by atoms with Gasteiger partial charge in [-0.15, -0.1) is 0 Å². The molecule has 0 heterocycles. The molecule has 0 unspecified atom stereocenters. The lowest BCUT2D eigenvalue weighted by molar-refractivity contribution is -0.166. The maximum atomic E-state index is 12.8. The van der Waals surface area contributed by atoms with E-state index in [0.717, 1.165) is 103 Å². The summed E-state index contributed by atoms with van der Waals surface area (Å²) >= 11 is 0. The van der Waals surface area contributed by atoms with Crippen molar-refractivity contribution in [2.24, 2.45) is 0 Å². The minimum absolute atomic E-state index is 0.116. The Morgan fingerprint density at radius 3 is 1.01 bits per heavy atom. The second kappa shape index (κ2) is 56.4. The summed E-state index contributed by atoms with van der Waals surface area (Å²) in [4.78, 5) is 38.1. The summed E-state index contributed by atoms with van der Waals surface area (Å²) in [5.41, 5.74) is 0. The molecule has 0 aliphatic carbocycles. The lowest BCUT2D eigenvalue weighted by atomic mass is 10.1. The summed E-state index contributed by atoms with van der Waals surface area (Å²) in [7, 11) is 0. The van der Waals surface area contributed by atoms with Gasteiger partial charge in [0.1, 0.15) is 13.2 Å². The van der Waals surface area contributed by atoms with Crippen LogP contribution in [0.1, 0.15) is 239 Å². The van der Waals surface area contributed by atoms with Gasteiger partial charge in [0.15, 0.2) is 6.10 Å². The third kappa shape index (κ3) is 54.6. The Labute approximate surface area is 424 Å². The number of carbonyl (C=O) groups is 3. The maximum Gasteiger partial charge on any atom is 0.306 e. The molecule has 0 amide bonds. The van der Waals surface area contributed by atoms with E-state index in [2.05, 4.69) is 136 Å². The van der Waals surface area contributed by atoms with E-state index in [0.29, 0.717) is 12.8 Å². The molecular formula is C63H102O6. The zero-order chi connectivity index (χ0) is 50.0. The molecule has 0 saturated carbocycles. The highest BCUT2D eigenvalue weighted by atomic mass is 16.6. The van der Waals surface area contributed by atoms with E-state index in [4.69, 9.17) is 14.2 Å². The largest absolute Gasteiger partial charge is 0.462 e. The van der Waals surface area contributed by atoms with Gasteiger partial charge in [0.25, 0.3) is 0 Å². The van der Waals surface area contributed by atoms with E-state index in [1.165, 1.54) is 89.9 Å². The van der Waals surface area contributed by atoms with Crippen LogP contribution in [0.25, 0.3) is 0 Å². The van der Waals surface area contributed by atoms with Crippen LogP contribution in [0.2, 0.25) is 0 Å². The van der Waals surface area contributed by atoms with Crippen molar-refractivity contribution in [2.45, 2.75) is 245 Å². The smallest absolute Gasteiger partial charge is 0.306 e. The minimum atomic E-state index is -0.826. The zero-order valence-electron chi connectivity index (χ0n) is 44.5. The van der Waals surface area contributed by atoms with Crippen molar-refractivity contribution in [3.05, 3.63) is 122 Å². The molecule has 6 nitrogen and oxygen atoms in total. The standard InChI is InChI=1S/C63H102O6/c1-4-7-10-13-16-19-22-25-28-30-31-33-35-38-41-44-47-50-53-56-62(65)68-59-60(58-67-61(64)55-52-49-46-43-40-37-34-27-24-21-18-15-12-9-6-3)69-63(66)57-54-51-48-45-42-39-36-32-29-26-23-20-17-14-11-8-5-2/h8,11,16-17,19-21,24-26,28-29,31,33,36,38-39,41,47,50,60H,4-7,9-10,12-15,18,22-23,27,30,32,34-35,37,40,42-46,48-49,51-59H2,1-3H3/b11-8-,19-16-,20-17-,24-21-,28-25-,29-26-,33-31-,39-36-,41-38-,50-47-/t60-/m0/s1. The first kappa shape index (κ1) is 64.8. The number of allylic oxidation sites excluding steroid dienone is 20. The number of hydrogen-bond donors (Lipinski definition) is 0. The Kier molecular flexibility index (Phi) is 53.0. The van der Waals surface area contributed by atoms with Crippen molar-refractivity contribution >= 4 is 17.9 Å². The van der Waals surface area contributed by atoms with Crippen molar-refractivity contribution in [1.82, 2.24) is 0 Å². The second-order valence-electron chi connectivity index (χ2n) is 18.1. The van der Waals surface area contributed by atoms with Crippen LogP contribution >= 0.6 is 0 Å². The van der Waals surface area contributed by atoms with Crippen LogP contribution in [-0.4, -0.2) is 37.2 Å². The van der Waals surface area contributed by atoms with Crippen LogP contribution in [0.5, 0.6) is 0 Å². The number of esters is 3. The fourth-order valence-corrected chi connectivity index (χ4v) is 7.23. The Bertz CT molecular complexity index is 1470. The highest BCUT2D eigenvalue weighted by Crippen LogP contribution is 2.13. The van der Waals surface area contributed by atoms with Gasteiger partial charge in [-0.1, -0.05) is 219 Å². The van der Waals surface area contributed by atoms with E-state index >= 15 is 0 Å². The average Bonchev–Trinajstić information content (AvgIpc) is 3.35. The number of unbranched alkanes of at least 4 members (excludes halogenated alkanes) is 18. The van der Waals surface area contributed by atoms with Gasteiger partial charge in [-0.05, 0) is 122 Å². The molecule has 0 aliphatic rings. The molecular weight excluding hydrogens is 853 g/mol. The molecule has 0 aromatic rings. The van der Waals surface area contributed by atoms with Gasteiger partial charge in [-0.2, -0.15) is 0 Å². The molecule has 0 aromatic carbocycles. The Hall–Kier alpha value is -4.19. The van der Waals surface area contributed by atoms with Crippen molar-refractivity contribution in [1.29, 1.82) is 0 Å². The number of carbonyl (C=O) groups excluding carboxylic acids is 3. The van der Waals surface area contributed by atoms with Gasteiger partial charge in [0, 0.05) is 19.3 Å². The SMILES string of the molecule is CC/C=C\C/C=C\C/C=C\C/C=C\CCCCCCC(=O)O[C@H](COC(=O)CC/C=C\C/C=C\C/C=C\C/C=C\C/C=C\CCCCC)COC(=O)CCCCCCCCC/C=C\CCCCCC. The number of ether oxygens (including phenoxy) is 3. The number of rotatable bonds is 49. The molecule has 0 aliphatic heterocycles. The topological polar surface area (TPSA) is 78.9 Å². The fraction of sp³-hybridized carbons (Fsp3) is 0.635. The van der Waals surface area contributed by atoms with E-state index in [1.54, 1.807) is 0 Å². The van der Waals surface area contributed by atoms with Crippen LogP contribution < -0.4 is 0 Å². The molecule has 0 saturated heterocycles. The number of hydrogen-bond acceptors (Lipinski definition) is 6. The van der Waals surface area contributed by atoms with Gasteiger partial charge in [-0.25, -0.2) is 0 Å². The quantitative estimate of drug-likeness (QED) is 0.0262. The first-order chi connectivity index (χ1) is 34.0. The van der Waals surface area contributed by atoms with Crippen LogP contribution in [0.15, 0.2) is 122 Å². The maximum absolute atomic E-state index is 12.8. The minimum Gasteiger partial charge on any atom is -0.462 e. The van der Waals surface area contributed by atoms with Crippen molar-refractivity contribution in [3.63, 3.8) is 0 Å². The third-order valence-electron chi connectivity index (χ3n) is 11.4. The molecule has 0 aromatic heterocycles. The Morgan fingerprint density at radius 1 is 0.304 bits per heavy atom. The molecule has 1 atom stereocenters. The molecule has 69 heavy (non-hydrogen) atoms. The van der Waals surface area contributed by atoms with Gasteiger partial charge < -0.3 is 14.2 Å². The summed E-state index contributed by atoms with van der Waals surface area (Å²) in [5.74, 6) is -1.03. The highest BCUT2D eigenvalue weighted by molar-refractivity contribution is 5.71. The van der Waals surface area contributed by atoms with Crippen LogP contribution in [0, 0.1) is 0 Å². The Balaban J connectivity index is 4.57. The van der Waals surface area contributed by atoms with Crippen molar-refractivity contribution in [2.75, 3.05) is 13.2 Å². The summed E-state index contributed by atoms with van der Waals surface area (Å²) in [6.45, 7) is 6.39. The molecule has 0 bridgehead atoms. The molecule has 0 radical (unpaired) electrons. The van der Waals surface area contributed by atoms with E-state index in [1.807, 2.05) is 6.08 Å². The predicted molar refractivity (Wildman–Crippen MR) is 297 cm³/mol. The average molecular weight is 956 g/mol. The monoisotopic (exact) mass is 955 g/mol. The van der Waals surface area contributed by atoms with Gasteiger partial charge >= 0.3 is 17.9 Å². The van der Waals surface area contributed by atoms with Gasteiger partial charge in [0.05, 0.1) is 0 Å². The van der Waals surface area contributed by atoms with E-state index in [9.17, 15) is 14.4 Å². The first-order valence-corrected chi connectivity index (χ1v) is 28.0.